The van der Waals surface area contributed by atoms with Crippen molar-refractivity contribution in [3.8, 4) is 0 Å². The molecule has 0 spiro atoms. The molecule has 5 nitrogen and oxygen atoms in total. The van der Waals surface area contributed by atoms with Crippen LogP contribution in [-0.4, -0.2) is 28.2 Å². The molecule has 1 unspecified atom stereocenters. The number of carboxylic acids is 2. The zero-order valence-corrected chi connectivity index (χ0v) is 5.07. The molecule has 0 bridgehead atoms. The van der Waals surface area contributed by atoms with Gasteiger partial charge in [-0.25, -0.2) is 0 Å². The fourth-order valence-corrected chi connectivity index (χ4v) is 0.871. The van der Waals surface area contributed by atoms with Crippen molar-refractivity contribution in [3.63, 3.8) is 0 Å². The Morgan fingerprint density at radius 3 is 1.70 bits per heavy atom. The molecule has 0 aromatic rings. The summed E-state index contributed by atoms with van der Waals surface area (Å²) in [6.07, 6.45) is 0.0394. The Morgan fingerprint density at radius 1 is 1.40 bits per heavy atom. The number of hydrogen-bond acceptors (Lipinski definition) is 3. The molecule has 0 amide bonds. The summed E-state index contributed by atoms with van der Waals surface area (Å²) in [5, 5.41) is 16.8. The maximum Gasteiger partial charge on any atom is 0.322 e. The first-order valence-corrected chi connectivity index (χ1v) is 2.74. The lowest BCUT2D eigenvalue weighted by molar-refractivity contribution is -0.157. The standard InChI is InChI=1S/C5H7NO4/c6-2-1-5(2,3(7)8)4(9)10/h2H,1,6H2,(H,7,8)(H,9,10). The number of carboxylic acid groups (broad SMARTS) is 2. The van der Waals surface area contributed by atoms with E-state index in [0.717, 1.165) is 0 Å². The molecule has 1 aliphatic carbocycles. The van der Waals surface area contributed by atoms with Crippen LogP contribution in [0.4, 0.5) is 0 Å². The van der Waals surface area contributed by atoms with Crippen molar-refractivity contribution in [2.75, 3.05) is 0 Å². The highest BCUT2D eigenvalue weighted by molar-refractivity contribution is 6.03. The fraction of sp³-hybridized carbons (Fsp3) is 0.600. The lowest BCUT2D eigenvalue weighted by Gasteiger charge is -2.01. The highest BCUT2D eigenvalue weighted by Gasteiger charge is 2.65. The van der Waals surface area contributed by atoms with E-state index >= 15 is 0 Å². The monoisotopic (exact) mass is 145 g/mol. The minimum absolute atomic E-state index is 0.0394. The van der Waals surface area contributed by atoms with E-state index in [1.807, 2.05) is 0 Å². The lowest BCUT2D eigenvalue weighted by atomic mass is 10.1. The van der Waals surface area contributed by atoms with E-state index in [0.29, 0.717) is 0 Å². The van der Waals surface area contributed by atoms with Gasteiger partial charge < -0.3 is 15.9 Å². The van der Waals surface area contributed by atoms with Gasteiger partial charge in [-0.1, -0.05) is 0 Å². The van der Waals surface area contributed by atoms with Crippen LogP contribution in [0.15, 0.2) is 0 Å². The molecule has 0 aromatic carbocycles. The number of aliphatic carboxylic acids is 2. The third-order valence-electron chi connectivity index (χ3n) is 1.78. The van der Waals surface area contributed by atoms with Crippen molar-refractivity contribution >= 4 is 11.9 Å². The summed E-state index contributed by atoms with van der Waals surface area (Å²) in [5.74, 6) is -2.68. The second-order valence-electron chi connectivity index (χ2n) is 2.39. The SMILES string of the molecule is NC1CC1(C(=O)O)C(=O)O. The Balaban J connectivity index is 2.83. The number of rotatable bonds is 2. The maximum absolute atomic E-state index is 10.3. The van der Waals surface area contributed by atoms with Gasteiger partial charge in [0.25, 0.3) is 0 Å². The van der Waals surface area contributed by atoms with Crippen LogP contribution < -0.4 is 5.73 Å². The normalized spacial score (nSPS) is 27.5. The highest BCUT2D eigenvalue weighted by atomic mass is 16.4. The van der Waals surface area contributed by atoms with Gasteiger partial charge in [-0.15, -0.1) is 0 Å². The van der Waals surface area contributed by atoms with Gasteiger partial charge in [-0.2, -0.15) is 0 Å². The molecule has 0 aliphatic heterocycles. The largest absolute Gasteiger partial charge is 0.480 e. The molecule has 1 saturated carbocycles. The highest BCUT2D eigenvalue weighted by Crippen LogP contribution is 2.44. The summed E-state index contributed by atoms with van der Waals surface area (Å²) < 4.78 is 0. The van der Waals surface area contributed by atoms with Gasteiger partial charge in [0.1, 0.15) is 0 Å². The molecule has 56 valence electrons. The third-order valence-corrected chi connectivity index (χ3v) is 1.78. The molecule has 0 radical (unpaired) electrons. The Hall–Kier alpha value is -1.10. The Bertz CT molecular complexity index is 186. The van der Waals surface area contributed by atoms with E-state index in [-0.39, 0.29) is 6.42 Å². The van der Waals surface area contributed by atoms with E-state index in [4.69, 9.17) is 15.9 Å². The van der Waals surface area contributed by atoms with Gasteiger partial charge in [-0.3, -0.25) is 9.59 Å². The van der Waals surface area contributed by atoms with Gasteiger partial charge in [0.2, 0.25) is 0 Å². The van der Waals surface area contributed by atoms with E-state index in [9.17, 15) is 9.59 Å². The van der Waals surface area contributed by atoms with Crippen molar-refractivity contribution in [1.82, 2.24) is 0 Å². The van der Waals surface area contributed by atoms with Crippen LogP contribution in [0, 0.1) is 5.41 Å². The van der Waals surface area contributed by atoms with Gasteiger partial charge in [0, 0.05) is 6.04 Å². The second-order valence-corrected chi connectivity index (χ2v) is 2.39. The van der Waals surface area contributed by atoms with Crippen LogP contribution in [0.25, 0.3) is 0 Å². The molecule has 10 heavy (non-hydrogen) atoms. The smallest absolute Gasteiger partial charge is 0.322 e. The first-order valence-electron chi connectivity index (χ1n) is 2.74. The van der Waals surface area contributed by atoms with Crippen molar-refractivity contribution in [1.29, 1.82) is 0 Å². The molecule has 0 saturated heterocycles. The second kappa shape index (κ2) is 1.69. The van der Waals surface area contributed by atoms with E-state index < -0.39 is 23.4 Å². The molecule has 1 rings (SSSR count). The van der Waals surface area contributed by atoms with Gasteiger partial charge in [-0.05, 0) is 6.42 Å². The molecule has 5 heteroatoms. The van der Waals surface area contributed by atoms with E-state index in [1.54, 1.807) is 0 Å². The predicted molar refractivity (Wildman–Crippen MR) is 30.3 cm³/mol. The summed E-state index contributed by atoms with van der Waals surface area (Å²) in [4.78, 5) is 20.5. The molecular formula is C5H7NO4. The Labute approximate surface area is 56.4 Å². The van der Waals surface area contributed by atoms with Gasteiger partial charge in [0.15, 0.2) is 5.41 Å². The van der Waals surface area contributed by atoms with E-state index in [1.165, 1.54) is 0 Å². The van der Waals surface area contributed by atoms with Crippen molar-refractivity contribution in [2.24, 2.45) is 11.1 Å². The summed E-state index contributed by atoms with van der Waals surface area (Å²) in [7, 11) is 0. The number of hydrogen-bond donors (Lipinski definition) is 3. The Morgan fingerprint density at radius 2 is 1.70 bits per heavy atom. The zero-order chi connectivity index (χ0) is 7.94. The lowest BCUT2D eigenvalue weighted by Crippen LogP contribution is -2.31. The third kappa shape index (κ3) is 0.607. The van der Waals surface area contributed by atoms with Crippen LogP contribution in [0.1, 0.15) is 6.42 Å². The molecule has 0 heterocycles. The quantitative estimate of drug-likeness (QED) is 0.427. The van der Waals surface area contributed by atoms with Gasteiger partial charge in [0.05, 0.1) is 0 Å². The zero-order valence-electron chi connectivity index (χ0n) is 5.07. The van der Waals surface area contributed by atoms with Crippen molar-refractivity contribution in [3.05, 3.63) is 0 Å². The molecule has 1 atom stereocenters. The van der Waals surface area contributed by atoms with Crippen LogP contribution in [-0.2, 0) is 9.59 Å². The molecule has 4 N–H and O–H groups in total. The molecular weight excluding hydrogens is 138 g/mol. The van der Waals surface area contributed by atoms with Crippen LogP contribution >= 0.6 is 0 Å². The molecule has 1 aliphatic rings. The Kier molecular flexibility index (Phi) is 1.19. The average Bonchev–Trinajstić information content (AvgIpc) is 2.42. The first-order chi connectivity index (χ1) is 4.51. The number of carbonyl (C=O) groups is 2. The minimum atomic E-state index is -1.68. The van der Waals surface area contributed by atoms with E-state index in [2.05, 4.69) is 0 Å². The van der Waals surface area contributed by atoms with Crippen molar-refractivity contribution in [2.45, 2.75) is 12.5 Å². The summed E-state index contributed by atoms with van der Waals surface area (Å²) >= 11 is 0. The summed E-state index contributed by atoms with van der Waals surface area (Å²) in [6.45, 7) is 0. The van der Waals surface area contributed by atoms with Gasteiger partial charge >= 0.3 is 11.9 Å². The van der Waals surface area contributed by atoms with Crippen LogP contribution in [0.3, 0.4) is 0 Å². The predicted octanol–water partition coefficient (Wildman–Crippen LogP) is -1.13. The average molecular weight is 145 g/mol. The first kappa shape index (κ1) is 7.01. The van der Waals surface area contributed by atoms with Crippen molar-refractivity contribution < 1.29 is 19.8 Å². The summed E-state index contributed by atoms with van der Waals surface area (Å²) in [5.41, 5.74) is 3.46. The topological polar surface area (TPSA) is 101 Å². The van der Waals surface area contributed by atoms with Crippen LogP contribution in [0.2, 0.25) is 0 Å². The minimum Gasteiger partial charge on any atom is -0.480 e. The maximum atomic E-state index is 10.3. The molecule has 0 aromatic heterocycles. The molecule has 1 fully saturated rings. The number of nitrogens with two attached hydrogens (primary N) is 1. The van der Waals surface area contributed by atoms with Crippen LogP contribution in [0.5, 0.6) is 0 Å². The fourth-order valence-electron chi connectivity index (χ4n) is 0.871. The summed E-state index contributed by atoms with van der Waals surface area (Å²) in [6, 6.07) is -0.720.